The quantitative estimate of drug-likeness (QED) is 0.423. The van der Waals surface area contributed by atoms with Crippen LogP contribution in [-0.4, -0.2) is 57.9 Å². The molecular formula is C28H30N4O2. The summed E-state index contributed by atoms with van der Waals surface area (Å²) in [6.45, 7) is 8.32. The summed E-state index contributed by atoms with van der Waals surface area (Å²) in [5, 5.41) is 0. The third kappa shape index (κ3) is 4.54. The third-order valence-corrected chi connectivity index (χ3v) is 6.43. The van der Waals surface area contributed by atoms with Crippen molar-refractivity contribution in [1.29, 1.82) is 0 Å². The molecule has 174 valence electrons. The first-order valence-corrected chi connectivity index (χ1v) is 11.9. The summed E-state index contributed by atoms with van der Waals surface area (Å²) in [5.74, 6) is 1.03. The van der Waals surface area contributed by atoms with Gasteiger partial charge in [0.25, 0.3) is 0 Å². The maximum absolute atomic E-state index is 11.8. The van der Waals surface area contributed by atoms with Crippen LogP contribution in [0.2, 0.25) is 0 Å². The Labute approximate surface area is 200 Å². The number of carbonyl (C=O) groups excluding carboxylic acids is 1. The number of hydrogen-bond donors (Lipinski definition) is 0. The van der Waals surface area contributed by atoms with Crippen LogP contribution in [0.5, 0.6) is 5.75 Å². The highest BCUT2D eigenvalue weighted by atomic mass is 16.5. The van der Waals surface area contributed by atoms with Crippen molar-refractivity contribution >= 4 is 11.6 Å². The van der Waals surface area contributed by atoms with Gasteiger partial charge in [-0.05, 0) is 42.3 Å². The van der Waals surface area contributed by atoms with Crippen LogP contribution in [0.1, 0.15) is 19.5 Å². The third-order valence-electron chi connectivity index (χ3n) is 6.43. The van der Waals surface area contributed by atoms with Crippen molar-refractivity contribution in [3.05, 3.63) is 78.6 Å². The molecule has 1 aliphatic rings. The van der Waals surface area contributed by atoms with Crippen LogP contribution < -0.4 is 4.74 Å². The minimum absolute atomic E-state index is 0.151. The average Bonchev–Trinajstić information content (AvgIpc) is 3.23. The standard InChI is InChI=1S/C28H30N4O2/c1-3-34-25-11-7-10-23(18-25)24-12-13-27-29-28(22-8-5-4-6-9-22)26(32(27)19-24)20-30-14-16-31(17-15-30)21(2)33/h4-13,18-19H,3,14-17,20H2,1-2H3. The van der Waals surface area contributed by atoms with E-state index in [-0.39, 0.29) is 5.91 Å². The van der Waals surface area contributed by atoms with E-state index in [1.165, 1.54) is 5.69 Å². The van der Waals surface area contributed by atoms with Crippen molar-refractivity contribution in [3.8, 4) is 28.1 Å². The summed E-state index contributed by atoms with van der Waals surface area (Å²) in [6.07, 6.45) is 2.18. The van der Waals surface area contributed by atoms with Crippen LogP contribution in [0.25, 0.3) is 28.0 Å². The van der Waals surface area contributed by atoms with E-state index in [9.17, 15) is 4.79 Å². The minimum Gasteiger partial charge on any atom is -0.494 e. The molecule has 2 aromatic carbocycles. The molecule has 6 heteroatoms. The summed E-state index contributed by atoms with van der Waals surface area (Å²) in [5.41, 5.74) is 6.46. The Balaban J connectivity index is 1.54. The molecule has 1 amide bonds. The molecule has 1 aliphatic heterocycles. The second-order valence-electron chi connectivity index (χ2n) is 8.66. The van der Waals surface area contributed by atoms with Crippen molar-refractivity contribution in [2.75, 3.05) is 32.8 Å². The molecule has 5 rings (SSSR count). The number of benzene rings is 2. The summed E-state index contributed by atoms with van der Waals surface area (Å²) >= 11 is 0. The Bertz CT molecular complexity index is 1290. The zero-order valence-corrected chi connectivity index (χ0v) is 19.8. The van der Waals surface area contributed by atoms with E-state index in [0.717, 1.165) is 66.5 Å². The molecule has 1 fully saturated rings. The maximum Gasteiger partial charge on any atom is 0.219 e. The number of aromatic nitrogens is 2. The van der Waals surface area contributed by atoms with Gasteiger partial charge in [-0.15, -0.1) is 0 Å². The number of carbonyl (C=O) groups is 1. The number of hydrogen-bond acceptors (Lipinski definition) is 4. The second-order valence-corrected chi connectivity index (χ2v) is 8.66. The van der Waals surface area contributed by atoms with Gasteiger partial charge in [0, 0.05) is 51.4 Å². The maximum atomic E-state index is 11.8. The molecule has 0 unspecified atom stereocenters. The van der Waals surface area contributed by atoms with Crippen LogP contribution in [0.3, 0.4) is 0 Å². The van der Waals surface area contributed by atoms with E-state index in [2.05, 4.69) is 64.0 Å². The van der Waals surface area contributed by atoms with Crippen molar-refractivity contribution < 1.29 is 9.53 Å². The van der Waals surface area contributed by atoms with E-state index in [0.29, 0.717) is 6.61 Å². The summed E-state index contributed by atoms with van der Waals surface area (Å²) in [7, 11) is 0. The van der Waals surface area contributed by atoms with Crippen molar-refractivity contribution in [1.82, 2.24) is 19.2 Å². The molecule has 0 saturated carbocycles. The molecule has 3 heterocycles. The average molecular weight is 455 g/mol. The smallest absolute Gasteiger partial charge is 0.219 e. The number of nitrogens with zero attached hydrogens (tertiary/aromatic N) is 4. The molecule has 4 aromatic rings. The van der Waals surface area contributed by atoms with E-state index >= 15 is 0 Å². The van der Waals surface area contributed by atoms with Crippen LogP contribution in [0.4, 0.5) is 0 Å². The van der Waals surface area contributed by atoms with E-state index < -0.39 is 0 Å². The lowest BCUT2D eigenvalue weighted by atomic mass is 10.1. The van der Waals surface area contributed by atoms with Gasteiger partial charge in [-0.2, -0.15) is 0 Å². The number of fused-ring (bicyclic) bond motifs is 1. The molecule has 6 nitrogen and oxygen atoms in total. The summed E-state index contributed by atoms with van der Waals surface area (Å²) in [4.78, 5) is 21.1. The van der Waals surface area contributed by atoms with Crippen LogP contribution >= 0.6 is 0 Å². The number of rotatable bonds is 6. The highest BCUT2D eigenvalue weighted by Gasteiger charge is 2.22. The van der Waals surface area contributed by atoms with Gasteiger partial charge in [0.15, 0.2) is 0 Å². The SMILES string of the molecule is CCOc1cccc(-c2ccc3nc(-c4ccccc4)c(CN4CCN(C(C)=O)CC4)n3c2)c1. The molecule has 0 spiro atoms. The van der Waals surface area contributed by atoms with Crippen molar-refractivity contribution in [3.63, 3.8) is 0 Å². The number of ether oxygens (including phenoxy) is 1. The first-order chi connectivity index (χ1) is 16.6. The zero-order chi connectivity index (χ0) is 23.5. The van der Waals surface area contributed by atoms with E-state index in [1.807, 2.05) is 30.0 Å². The lowest BCUT2D eigenvalue weighted by Gasteiger charge is -2.34. The van der Waals surface area contributed by atoms with Gasteiger partial charge in [-0.3, -0.25) is 9.69 Å². The van der Waals surface area contributed by atoms with Crippen molar-refractivity contribution in [2.24, 2.45) is 0 Å². The molecule has 1 saturated heterocycles. The Morgan fingerprint density at radius 3 is 2.41 bits per heavy atom. The van der Waals surface area contributed by atoms with Gasteiger partial charge in [-0.25, -0.2) is 4.98 Å². The number of pyridine rings is 1. The predicted molar refractivity (Wildman–Crippen MR) is 135 cm³/mol. The Hall–Kier alpha value is -3.64. The lowest BCUT2D eigenvalue weighted by molar-refractivity contribution is -0.130. The van der Waals surface area contributed by atoms with Gasteiger partial charge in [-0.1, -0.05) is 42.5 Å². The Kier molecular flexibility index (Phi) is 6.32. The normalized spacial score (nSPS) is 14.5. The van der Waals surface area contributed by atoms with Crippen LogP contribution in [0, 0.1) is 0 Å². The second kappa shape index (κ2) is 9.69. The topological polar surface area (TPSA) is 50.1 Å². The van der Waals surface area contributed by atoms with Gasteiger partial charge in [0.2, 0.25) is 5.91 Å². The molecule has 0 aliphatic carbocycles. The van der Waals surface area contributed by atoms with E-state index in [4.69, 9.17) is 9.72 Å². The molecule has 0 bridgehead atoms. The lowest BCUT2D eigenvalue weighted by Crippen LogP contribution is -2.47. The van der Waals surface area contributed by atoms with Gasteiger partial charge in [0.05, 0.1) is 18.0 Å². The zero-order valence-electron chi connectivity index (χ0n) is 19.8. The van der Waals surface area contributed by atoms with Crippen molar-refractivity contribution in [2.45, 2.75) is 20.4 Å². The monoisotopic (exact) mass is 454 g/mol. The molecule has 0 atom stereocenters. The Morgan fingerprint density at radius 2 is 1.68 bits per heavy atom. The first kappa shape index (κ1) is 22.2. The first-order valence-electron chi connectivity index (χ1n) is 11.9. The molecule has 34 heavy (non-hydrogen) atoms. The number of piperazine rings is 1. The highest BCUT2D eigenvalue weighted by Crippen LogP contribution is 2.29. The van der Waals surface area contributed by atoms with E-state index in [1.54, 1.807) is 6.92 Å². The van der Waals surface area contributed by atoms with Crippen LogP contribution in [0.15, 0.2) is 72.9 Å². The minimum atomic E-state index is 0.151. The predicted octanol–water partition coefficient (Wildman–Crippen LogP) is 4.73. The fourth-order valence-corrected chi connectivity index (χ4v) is 4.61. The van der Waals surface area contributed by atoms with Gasteiger partial charge in [0.1, 0.15) is 11.4 Å². The molecular weight excluding hydrogens is 424 g/mol. The fraction of sp³-hybridized carbons (Fsp3) is 0.286. The largest absolute Gasteiger partial charge is 0.494 e. The highest BCUT2D eigenvalue weighted by molar-refractivity contribution is 5.73. The molecule has 2 aromatic heterocycles. The van der Waals surface area contributed by atoms with Gasteiger partial charge < -0.3 is 14.0 Å². The Morgan fingerprint density at radius 1 is 0.912 bits per heavy atom. The van der Waals surface area contributed by atoms with Gasteiger partial charge >= 0.3 is 0 Å². The summed E-state index contributed by atoms with van der Waals surface area (Å²) < 4.78 is 7.94. The fourth-order valence-electron chi connectivity index (χ4n) is 4.61. The number of imidazole rings is 1. The van der Waals surface area contributed by atoms with Crippen LogP contribution in [-0.2, 0) is 11.3 Å². The molecule has 0 N–H and O–H groups in total. The number of amides is 1. The molecule has 0 radical (unpaired) electrons. The summed E-state index contributed by atoms with van der Waals surface area (Å²) in [6, 6.07) is 22.8.